The van der Waals surface area contributed by atoms with E-state index in [1.54, 1.807) is 31.7 Å². The van der Waals surface area contributed by atoms with Gasteiger partial charge in [0.15, 0.2) is 0 Å². The van der Waals surface area contributed by atoms with Crippen LogP contribution in [0.3, 0.4) is 0 Å². The molecule has 0 saturated carbocycles. The Labute approximate surface area is 104 Å². The van der Waals surface area contributed by atoms with Gasteiger partial charge in [-0.3, -0.25) is 14.5 Å². The fourth-order valence-corrected chi connectivity index (χ4v) is 1.45. The number of amides is 1. The predicted octanol–water partition coefficient (Wildman–Crippen LogP) is 0.969. The van der Waals surface area contributed by atoms with Gasteiger partial charge in [0.05, 0.1) is 5.71 Å². The first-order valence-electron chi connectivity index (χ1n) is 5.41. The highest BCUT2D eigenvalue weighted by Crippen LogP contribution is 1.99. The van der Waals surface area contributed by atoms with E-state index in [1.807, 2.05) is 19.1 Å². The molecule has 0 radical (unpaired) electrons. The third-order valence-corrected chi connectivity index (χ3v) is 2.48. The average Bonchev–Trinajstić information content (AvgIpc) is 2.83. The van der Waals surface area contributed by atoms with Gasteiger partial charge in [-0.2, -0.15) is 10.2 Å². The second-order valence-electron chi connectivity index (χ2n) is 3.71. The van der Waals surface area contributed by atoms with Crippen LogP contribution < -0.4 is 5.43 Å². The number of nitrogens with one attached hydrogen (secondary N) is 1. The molecule has 0 bridgehead atoms. The minimum absolute atomic E-state index is 0.289. The number of carbonyl (C=O) groups excluding carboxylic acids is 1. The quantitative estimate of drug-likeness (QED) is 0.645. The molecule has 0 fully saturated rings. The Morgan fingerprint density at radius 2 is 2.00 bits per heavy atom. The first-order chi connectivity index (χ1) is 8.68. The molecule has 0 aliphatic heterocycles. The summed E-state index contributed by atoms with van der Waals surface area (Å²) in [7, 11) is 1.70. The third-order valence-electron chi connectivity index (χ3n) is 2.48. The van der Waals surface area contributed by atoms with E-state index in [4.69, 9.17) is 0 Å². The molecule has 0 spiro atoms. The number of rotatable bonds is 3. The first kappa shape index (κ1) is 12.0. The Kier molecular flexibility index (Phi) is 3.47. The van der Waals surface area contributed by atoms with E-state index in [0.717, 1.165) is 5.56 Å². The number of hydrogen-bond acceptors (Lipinski definition) is 4. The van der Waals surface area contributed by atoms with Gasteiger partial charge in [-0.25, -0.2) is 5.43 Å². The topological polar surface area (TPSA) is 72.2 Å². The number of nitrogens with zero attached hydrogens (tertiary/aromatic N) is 4. The first-order valence-corrected chi connectivity index (χ1v) is 5.41. The van der Waals surface area contributed by atoms with Gasteiger partial charge in [0.1, 0.15) is 5.69 Å². The molecule has 0 aliphatic carbocycles. The van der Waals surface area contributed by atoms with Crippen molar-refractivity contribution in [3.8, 4) is 0 Å². The Hall–Kier alpha value is -2.50. The van der Waals surface area contributed by atoms with Gasteiger partial charge >= 0.3 is 0 Å². The molecule has 1 amide bonds. The van der Waals surface area contributed by atoms with Crippen molar-refractivity contribution in [3.63, 3.8) is 0 Å². The fraction of sp³-hybridized carbons (Fsp3) is 0.167. The van der Waals surface area contributed by atoms with Crippen LogP contribution in [0.2, 0.25) is 0 Å². The van der Waals surface area contributed by atoms with Crippen LogP contribution in [0.25, 0.3) is 0 Å². The van der Waals surface area contributed by atoms with Gasteiger partial charge < -0.3 is 0 Å². The highest BCUT2D eigenvalue weighted by atomic mass is 16.2. The Bertz CT molecular complexity index is 573. The maximum absolute atomic E-state index is 11.8. The second kappa shape index (κ2) is 5.22. The summed E-state index contributed by atoms with van der Waals surface area (Å²) < 4.78 is 1.49. The molecule has 92 valence electrons. The number of carbonyl (C=O) groups is 1. The van der Waals surface area contributed by atoms with Crippen LogP contribution in [0, 0.1) is 0 Å². The molecule has 0 aromatic carbocycles. The van der Waals surface area contributed by atoms with Crippen LogP contribution in [-0.2, 0) is 7.05 Å². The lowest BCUT2D eigenvalue weighted by Gasteiger charge is -2.02. The number of hydrazone groups is 1. The van der Waals surface area contributed by atoms with E-state index in [9.17, 15) is 4.79 Å². The zero-order chi connectivity index (χ0) is 13.0. The minimum Gasteiger partial charge on any atom is -0.266 e. The lowest BCUT2D eigenvalue weighted by atomic mass is 10.2. The van der Waals surface area contributed by atoms with Crippen molar-refractivity contribution >= 4 is 11.6 Å². The van der Waals surface area contributed by atoms with Crippen LogP contribution in [0.4, 0.5) is 0 Å². The zero-order valence-electron chi connectivity index (χ0n) is 10.2. The van der Waals surface area contributed by atoms with Crippen LogP contribution in [0.5, 0.6) is 0 Å². The summed E-state index contributed by atoms with van der Waals surface area (Å²) in [6, 6.07) is 5.29. The van der Waals surface area contributed by atoms with Crippen LogP contribution in [-0.4, -0.2) is 26.4 Å². The molecule has 0 atom stereocenters. The molecule has 1 N–H and O–H groups in total. The van der Waals surface area contributed by atoms with Gasteiger partial charge in [0.25, 0.3) is 5.91 Å². The molecule has 2 rings (SSSR count). The molecule has 18 heavy (non-hydrogen) atoms. The maximum Gasteiger partial charge on any atom is 0.289 e. The lowest BCUT2D eigenvalue weighted by molar-refractivity contribution is 0.0945. The number of aromatic nitrogens is 3. The minimum atomic E-state index is -0.289. The lowest BCUT2D eigenvalue weighted by Crippen LogP contribution is -2.22. The van der Waals surface area contributed by atoms with Gasteiger partial charge in [-0.1, -0.05) is 0 Å². The summed E-state index contributed by atoms with van der Waals surface area (Å²) in [5, 5.41) is 7.96. The summed E-state index contributed by atoms with van der Waals surface area (Å²) in [5.74, 6) is -0.289. The molecular weight excluding hydrogens is 230 g/mol. The summed E-state index contributed by atoms with van der Waals surface area (Å²) in [4.78, 5) is 15.7. The van der Waals surface area contributed by atoms with E-state index < -0.39 is 0 Å². The van der Waals surface area contributed by atoms with Crippen molar-refractivity contribution in [2.45, 2.75) is 6.92 Å². The van der Waals surface area contributed by atoms with Crippen molar-refractivity contribution in [2.24, 2.45) is 12.1 Å². The zero-order valence-corrected chi connectivity index (χ0v) is 10.2. The van der Waals surface area contributed by atoms with Gasteiger partial charge in [0.2, 0.25) is 0 Å². The Balaban J connectivity index is 2.08. The molecule has 6 nitrogen and oxygen atoms in total. The molecule has 0 aliphatic rings. The van der Waals surface area contributed by atoms with E-state index >= 15 is 0 Å². The summed E-state index contributed by atoms with van der Waals surface area (Å²) >= 11 is 0. The molecular formula is C12H13N5O. The Morgan fingerprint density at radius 3 is 2.61 bits per heavy atom. The standard InChI is InChI=1S/C12H13N5O/c1-9(10-3-6-13-7-4-10)15-16-12(18)11-5-8-14-17(11)2/h3-8H,1-2H3,(H,16,18)/b15-9+. The van der Waals surface area contributed by atoms with Crippen molar-refractivity contribution in [3.05, 3.63) is 48.0 Å². The number of pyridine rings is 1. The van der Waals surface area contributed by atoms with Crippen LogP contribution in [0.15, 0.2) is 41.9 Å². The van der Waals surface area contributed by atoms with E-state index in [1.165, 1.54) is 4.68 Å². The average molecular weight is 243 g/mol. The van der Waals surface area contributed by atoms with Crippen LogP contribution >= 0.6 is 0 Å². The molecule has 2 heterocycles. The SMILES string of the molecule is C/C(=N\NC(=O)c1ccnn1C)c1ccncc1. The third kappa shape index (κ3) is 2.60. The molecule has 6 heteroatoms. The second-order valence-corrected chi connectivity index (χ2v) is 3.71. The van der Waals surface area contributed by atoms with Gasteiger partial charge in [0, 0.05) is 31.2 Å². The number of hydrogen-bond donors (Lipinski definition) is 1. The highest BCUT2D eigenvalue weighted by molar-refractivity contribution is 6.00. The molecule has 0 saturated heterocycles. The largest absolute Gasteiger partial charge is 0.289 e. The van der Waals surface area contributed by atoms with Crippen LogP contribution in [0.1, 0.15) is 23.0 Å². The van der Waals surface area contributed by atoms with E-state index in [2.05, 4.69) is 20.6 Å². The van der Waals surface area contributed by atoms with Crippen molar-refractivity contribution < 1.29 is 4.79 Å². The van der Waals surface area contributed by atoms with Gasteiger partial charge in [-0.05, 0) is 25.1 Å². The summed E-state index contributed by atoms with van der Waals surface area (Å²) in [6.45, 7) is 1.82. The van der Waals surface area contributed by atoms with Gasteiger partial charge in [-0.15, -0.1) is 0 Å². The smallest absolute Gasteiger partial charge is 0.266 e. The summed E-state index contributed by atoms with van der Waals surface area (Å²) in [6.07, 6.45) is 4.92. The normalized spacial score (nSPS) is 11.3. The summed E-state index contributed by atoms with van der Waals surface area (Å²) in [5.41, 5.74) is 4.58. The highest BCUT2D eigenvalue weighted by Gasteiger charge is 2.08. The van der Waals surface area contributed by atoms with E-state index in [0.29, 0.717) is 11.4 Å². The van der Waals surface area contributed by atoms with E-state index in [-0.39, 0.29) is 5.91 Å². The maximum atomic E-state index is 11.8. The van der Waals surface area contributed by atoms with Crippen molar-refractivity contribution in [1.29, 1.82) is 0 Å². The monoisotopic (exact) mass is 243 g/mol. The predicted molar refractivity (Wildman–Crippen MR) is 67.1 cm³/mol. The Morgan fingerprint density at radius 1 is 1.28 bits per heavy atom. The number of aryl methyl sites for hydroxylation is 1. The fourth-order valence-electron chi connectivity index (χ4n) is 1.45. The molecule has 2 aromatic heterocycles. The molecule has 0 unspecified atom stereocenters. The van der Waals surface area contributed by atoms with Crippen molar-refractivity contribution in [2.75, 3.05) is 0 Å². The molecule has 2 aromatic rings. The van der Waals surface area contributed by atoms with Crippen molar-refractivity contribution in [1.82, 2.24) is 20.2 Å².